The van der Waals surface area contributed by atoms with E-state index in [4.69, 9.17) is 9.47 Å². The number of piperazine rings is 1. The van der Waals surface area contributed by atoms with Gasteiger partial charge in [0.25, 0.3) is 0 Å². The Kier molecular flexibility index (Phi) is 6.43. The fraction of sp³-hybridized carbons (Fsp3) is 0.409. The van der Waals surface area contributed by atoms with Crippen molar-refractivity contribution in [1.82, 2.24) is 14.8 Å². The molecule has 2 fully saturated rings. The molecule has 8 nitrogen and oxygen atoms in total. The molecule has 1 aromatic heterocycles. The number of aromatic nitrogens is 1. The number of nitrogens with zero attached hydrogens (tertiary/aromatic N) is 4. The Morgan fingerprint density at radius 1 is 1.13 bits per heavy atom. The average molecular weight is 428 g/mol. The van der Waals surface area contributed by atoms with Gasteiger partial charge in [-0.05, 0) is 36.4 Å². The molecule has 3 heterocycles. The Morgan fingerprint density at radius 3 is 2.39 bits per heavy atom. The van der Waals surface area contributed by atoms with Crippen molar-refractivity contribution in [3.8, 4) is 0 Å². The van der Waals surface area contributed by atoms with Gasteiger partial charge in [0.15, 0.2) is 0 Å². The molecule has 31 heavy (non-hydrogen) atoms. The van der Waals surface area contributed by atoms with Crippen molar-refractivity contribution in [3.05, 3.63) is 59.7 Å². The first-order valence-electron chi connectivity index (χ1n) is 10.2. The van der Waals surface area contributed by atoms with Crippen molar-refractivity contribution in [3.63, 3.8) is 0 Å². The molecule has 0 aliphatic carbocycles. The molecule has 2 aliphatic heterocycles. The zero-order valence-electron chi connectivity index (χ0n) is 17.4. The summed E-state index contributed by atoms with van der Waals surface area (Å²) in [7, 11) is 1.31. The predicted octanol–water partition coefficient (Wildman–Crippen LogP) is 2.15. The second kappa shape index (κ2) is 9.40. The second-order valence-electron chi connectivity index (χ2n) is 7.59. The van der Waals surface area contributed by atoms with Crippen LogP contribution >= 0.6 is 0 Å². The Bertz CT molecular complexity index is 910. The lowest BCUT2D eigenvalue weighted by Gasteiger charge is -2.43. The van der Waals surface area contributed by atoms with Crippen molar-refractivity contribution < 1.29 is 23.5 Å². The van der Waals surface area contributed by atoms with Crippen LogP contribution in [0.5, 0.6) is 0 Å². The number of carbonyl (C=O) groups excluding carboxylic acids is 2. The Morgan fingerprint density at radius 2 is 1.84 bits per heavy atom. The monoisotopic (exact) mass is 428 g/mol. The number of anilines is 1. The number of urea groups is 1. The highest BCUT2D eigenvalue weighted by molar-refractivity contribution is 5.92. The van der Waals surface area contributed by atoms with E-state index in [0.29, 0.717) is 36.1 Å². The molecule has 0 spiro atoms. The van der Waals surface area contributed by atoms with Crippen LogP contribution in [0.25, 0.3) is 0 Å². The third kappa shape index (κ3) is 4.83. The number of halogens is 1. The summed E-state index contributed by atoms with van der Waals surface area (Å²) in [6, 6.07) is 9.41. The van der Waals surface area contributed by atoms with E-state index in [1.165, 1.54) is 25.4 Å². The van der Waals surface area contributed by atoms with Gasteiger partial charge in [0.2, 0.25) is 0 Å². The zero-order chi connectivity index (χ0) is 21.8. The smallest absolute Gasteiger partial charge is 0.339 e. The molecule has 0 atom stereocenters. The van der Waals surface area contributed by atoms with Crippen LogP contribution in [-0.4, -0.2) is 79.3 Å². The highest BCUT2D eigenvalue weighted by Crippen LogP contribution is 2.21. The number of ether oxygens (including phenoxy) is 2. The van der Waals surface area contributed by atoms with E-state index in [1.807, 2.05) is 4.90 Å². The first kappa shape index (κ1) is 21.2. The number of pyridine rings is 1. The fourth-order valence-corrected chi connectivity index (χ4v) is 3.69. The molecular weight excluding hydrogens is 403 g/mol. The van der Waals surface area contributed by atoms with E-state index in [0.717, 1.165) is 26.3 Å². The van der Waals surface area contributed by atoms with E-state index < -0.39 is 5.97 Å². The van der Waals surface area contributed by atoms with Crippen LogP contribution in [0.3, 0.4) is 0 Å². The third-order valence-electron chi connectivity index (χ3n) is 5.66. The molecule has 2 aromatic rings. The second-order valence-corrected chi connectivity index (χ2v) is 7.59. The quantitative estimate of drug-likeness (QED) is 0.680. The SMILES string of the molecule is COC(=O)c1ccc(CN(C(=O)N2CCN(C3COC3)CC2)c2ccc(F)cc2)nc1. The minimum atomic E-state index is -0.472. The lowest BCUT2D eigenvalue weighted by molar-refractivity contribution is -0.0738. The standard InChI is InChI=1S/C22H25FN4O4/c1-30-21(28)16-2-5-18(24-12-16)13-27(19-6-3-17(23)4-7-19)22(29)26-10-8-25(9-11-26)20-14-31-15-20/h2-7,12,20H,8-11,13-15H2,1H3. The number of methoxy groups -OCH3 is 1. The predicted molar refractivity (Wildman–Crippen MR) is 111 cm³/mol. The number of hydrogen-bond donors (Lipinski definition) is 0. The van der Waals surface area contributed by atoms with Crippen molar-refractivity contribution in [2.75, 3.05) is 51.4 Å². The summed E-state index contributed by atoms with van der Waals surface area (Å²) in [5.74, 6) is -0.840. The molecule has 164 valence electrons. The lowest BCUT2D eigenvalue weighted by Crippen LogP contribution is -2.59. The van der Waals surface area contributed by atoms with Gasteiger partial charge in [0.05, 0.1) is 44.2 Å². The van der Waals surface area contributed by atoms with Gasteiger partial charge in [-0.3, -0.25) is 14.8 Å². The van der Waals surface area contributed by atoms with Crippen LogP contribution in [0.2, 0.25) is 0 Å². The Hall–Kier alpha value is -3.04. The normalized spacial score (nSPS) is 17.2. The van der Waals surface area contributed by atoms with Gasteiger partial charge in [0, 0.05) is 38.1 Å². The van der Waals surface area contributed by atoms with Crippen LogP contribution in [-0.2, 0) is 16.0 Å². The van der Waals surface area contributed by atoms with Gasteiger partial charge >= 0.3 is 12.0 Å². The molecule has 0 bridgehead atoms. The fourth-order valence-electron chi connectivity index (χ4n) is 3.69. The Labute approximate surface area is 180 Å². The van der Waals surface area contributed by atoms with E-state index in [9.17, 15) is 14.0 Å². The van der Waals surface area contributed by atoms with E-state index >= 15 is 0 Å². The Balaban J connectivity index is 1.49. The summed E-state index contributed by atoms with van der Waals surface area (Å²) in [6.07, 6.45) is 1.42. The van der Waals surface area contributed by atoms with Gasteiger partial charge in [-0.2, -0.15) is 0 Å². The third-order valence-corrected chi connectivity index (χ3v) is 5.66. The van der Waals surface area contributed by atoms with Crippen LogP contribution in [0.4, 0.5) is 14.9 Å². The first-order valence-corrected chi connectivity index (χ1v) is 10.2. The van der Waals surface area contributed by atoms with E-state index in [-0.39, 0.29) is 18.4 Å². The molecule has 0 N–H and O–H groups in total. The summed E-state index contributed by atoms with van der Waals surface area (Å²) in [5.41, 5.74) is 1.53. The van der Waals surface area contributed by atoms with Gasteiger partial charge in [-0.1, -0.05) is 0 Å². The first-order chi connectivity index (χ1) is 15.0. The number of hydrogen-bond acceptors (Lipinski definition) is 6. The topological polar surface area (TPSA) is 75.2 Å². The summed E-state index contributed by atoms with van der Waals surface area (Å²) in [5, 5.41) is 0. The highest BCUT2D eigenvalue weighted by Gasteiger charge is 2.32. The molecule has 0 radical (unpaired) electrons. The van der Waals surface area contributed by atoms with Crippen LogP contribution in [0.1, 0.15) is 16.1 Å². The highest BCUT2D eigenvalue weighted by atomic mass is 19.1. The van der Waals surface area contributed by atoms with Gasteiger partial charge < -0.3 is 14.4 Å². The van der Waals surface area contributed by atoms with Crippen LogP contribution < -0.4 is 4.90 Å². The molecule has 1 aromatic carbocycles. The molecule has 2 amide bonds. The minimum absolute atomic E-state index is 0.157. The number of amides is 2. The van der Waals surface area contributed by atoms with Crippen molar-refractivity contribution in [1.29, 1.82) is 0 Å². The van der Waals surface area contributed by atoms with Gasteiger partial charge in [-0.15, -0.1) is 0 Å². The van der Waals surface area contributed by atoms with Crippen molar-refractivity contribution in [2.45, 2.75) is 12.6 Å². The maximum Gasteiger partial charge on any atom is 0.339 e. The zero-order valence-corrected chi connectivity index (χ0v) is 17.4. The number of benzene rings is 1. The maximum atomic E-state index is 13.5. The van der Waals surface area contributed by atoms with Gasteiger partial charge in [0.1, 0.15) is 5.82 Å². The summed E-state index contributed by atoms with van der Waals surface area (Å²) in [6.45, 7) is 4.52. The number of rotatable bonds is 5. The van der Waals surface area contributed by atoms with Crippen molar-refractivity contribution in [2.24, 2.45) is 0 Å². The summed E-state index contributed by atoms with van der Waals surface area (Å²) in [4.78, 5) is 35.1. The molecule has 0 unspecified atom stereocenters. The molecular formula is C22H25FN4O4. The van der Waals surface area contributed by atoms with Crippen LogP contribution in [0.15, 0.2) is 42.6 Å². The number of esters is 1. The average Bonchev–Trinajstić information content (AvgIpc) is 2.77. The van der Waals surface area contributed by atoms with Gasteiger partial charge in [-0.25, -0.2) is 14.0 Å². The summed E-state index contributed by atoms with van der Waals surface area (Å²) < 4.78 is 23.4. The summed E-state index contributed by atoms with van der Waals surface area (Å²) >= 11 is 0. The maximum absolute atomic E-state index is 13.5. The molecule has 4 rings (SSSR count). The molecule has 2 saturated heterocycles. The van der Waals surface area contributed by atoms with E-state index in [2.05, 4.69) is 9.88 Å². The molecule has 2 aliphatic rings. The lowest BCUT2D eigenvalue weighted by atomic mass is 10.2. The van der Waals surface area contributed by atoms with E-state index in [1.54, 1.807) is 29.2 Å². The molecule has 9 heteroatoms. The largest absolute Gasteiger partial charge is 0.465 e. The number of carbonyl (C=O) groups is 2. The minimum Gasteiger partial charge on any atom is -0.465 e. The van der Waals surface area contributed by atoms with Crippen molar-refractivity contribution >= 4 is 17.7 Å². The van der Waals surface area contributed by atoms with Crippen LogP contribution in [0, 0.1) is 5.82 Å². The molecule has 0 saturated carbocycles.